The summed E-state index contributed by atoms with van der Waals surface area (Å²) in [6.07, 6.45) is 1.92. The molecule has 0 spiro atoms. The van der Waals surface area contributed by atoms with Crippen molar-refractivity contribution in [2.45, 2.75) is 44.3 Å². The van der Waals surface area contributed by atoms with Gasteiger partial charge in [-0.15, -0.1) is 5.10 Å². The maximum atomic E-state index is 4.51. The molecule has 1 aromatic carbocycles. The molecule has 0 unspecified atom stereocenters. The molecule has 2 atom stereocenters. The highest BCUT2D eigenvalue weighted by molar-refractivity contribution is 6.79. The molecular formula is C16H24N4Si. The van der Waals surface area contributed by atoms with E-state index >= 15 is 0 Å². The van der Waals surface area contributed by atoms with Crippen molar-refractivity contribution < 1.29 is 0 Å². The Bertz CT molecular complexity index is 631. The minimum atomic E-state index is -1.65. The summed E-state index contributed by atoms with van der Waals surface area (Å²) < 4.78 is 2.22. The lowest BCUT2D eigenvalue weighted by Crippen LogP contribution is -2.67. The zero-order valence-electron chi connectivity index (χ0n) is 13.5. The molecule has 0 radical (unpaired) electrons. The Labute approximate surface area is 127 Å². The monoisotopic (exact) mass is 300 g/mol. The van der Waals surface area contributed by atoms with Crippen molar-refractivity contribution in [3.63, 3.8) is 0 Å². The van der Waals surface area contributed by atoms with Gasteiger partial charge >= 0.3 is 0 Å². The SMILES string of the molecule is C[C@@H]1N(C)Cc2cnnn2[C@]1(c1ccccc1)[Si](C)(C)C. The number of hydrogen-bond acceptors (Lipinski definition) is 3. The summed E-state index contributed by atoms with van der Waals surface area (Å²) >= 11 is 0. The van der Waals surface area contributed by atoms with Crippen LogP contribution >= 0.6 is 0 Å². The van der Waals surface area contributed by atoms with Crippen molar-refractivity contribution in [2.24, 2.45) is 0 Å². The second kappa shape index (κ2) is 4.78. The summed E-state index contributed by atoms with van der Waals surface area (Å²) in [6, 6.07) is 11.2. The minimum Gasteiger partial charge on any atom is -0.295 e. The third-order valence-corrected chi connectivity index (χ3v) is 8.19. The molecule has 4 nitrogen and oxygen atoms in total. The molecule has 21 heavy (non-hydrogen) atoms. The average Bonchev–Trinajstić information content (AvgIpc) is 2.88. The van der Waals surface area contributed by atoms with Crippen molar-refractivity contribution in [3.8, 4) is 0 Å². The van der Waals surface area contributed by atoms with Crippen molar-refractivity contribution in [2.75, 3.05) is 7.05 Å². The molecule has 2 aromatic rings. The van der Waals surface area contributed by atoms with Crippen LogP contribution in [0, 0.1) is 0 Å². The Hall–Kier alpha value is -1.46. The molecule has 5 heteroatoms. The zero-order chi connectivity index (χ0) is 15.3. The van der Waals surface area contributed by atoms with Gasteiger partial charge < -0.3 is 0 Å². The molecule has 3 rings (SSSR count). The van der Waals surface area contributed by atoms with Crippen LogP contribution in [0.1, 0.15) is 18.2 Å². The lowest BCUT2D eigenvalue weighted by molar-refractivity contribution is 0.123. The molecule has 112 valence electrons. The van der Waals surface area contributed by atoms with Gasteiger partial charge in [-0.2, -0.15) is 0 Å². The van der Waals surface area contributed by atoms with Gasteiger partial charge in [0.1, 0.15) is 0 Å². The van der Waals surface area contributed by atoms with Crippen LogP contribution in [0.2, 0.25) is 19.6 Å². The van der Waals surface area contributed by atoms with Crippen molar-refractivity contribution in [1.82, 2.24) is 19.9 Å². The van der Waals surface area contributed by atoms with Gasteiger partial charge in [-0.05, 0) is 19.5 Å². The van der Waals surface area contributed by atoms with E-state index in [1.165, 1.54) is 11.3 Å². The fourth-order valence-corrected chi connectivity index (χ4v) is 7.31. The zero-order valence-corrected chi connectivity index (χ0v) is 14.5. The van der Waals surface area contributed by atoms with Gasteiger partial charge in [0.15, 0.2) is 0 Å². The van der Waals surface area contributed by atoms with E-state index in [9.17, 15) is 0 Å². The summed E-state index contributed by atoms with van der Waals surface area (Å²) in [5.41, 5.74) is 2.57. The first-order valence-electron chi connectivity index (χ1n) is 7.55. The van der Waals surface area contributed by atoms with Gasteiger partial charge in [0.25, 0.3) is 0 Å². The summed E-state index contributed by atoms with van der Waals surface area (Å²) in [6.45, 7) is 10.5. The summed E-state index contributed by atoms with van der Waals surface area (Å²) in [5.74, 6) is 0. The summed E-state index contributed by atoms with van der Waals surface area (Å²) in [5, 5.41) is 8.64. The molecule has 1 aliphatic heterocycles. The fourth-order valence-electron chi connectivity index (χ4n) is 3.98. The molecule has 0 saturated heterocycles. The molecule has 1 aliphatic rings. The van der Waals surface area contributed by atoms with Crippen LogP contribution in [-0.4, -0.2) is 41.1 Å². The van der Waals surface area contributed by atoms with Gasteiger partial charge in [-0.1, -0.05) is 55.2 Å². The topological polar surface area (TPSA) is 34.0 Å². The Balaban J connectivity index is 2.35. The Morgan fingerprint density at radius 3 is 2.48 bits per heavy atom. The van der Waals surface area contributed by atoms with E-state index in [0.29, 0.717) is 6.04 Å². The van der Waals surface area contributed by atoms with Crippen molar-refractivity contribution in [3.05, 3.63) is 47.8 Å². The van der Waals surface area contributed by atoms with E-state index in [1.54, 1.807) is 0 Å². The number of likely N-dealkylation sites (N-methyl/N-ethyl adjacent to an activating group) is 1. The maximum Gasteiger partial charge on any atom is 0.0941 e. The van der Waals surface area contributed by atoms with E-state index in [0.717, 1.165) is 6.54 Å². The predicted octanol–water partition coefficient (Wildman–Crippen LogP) is 2.73. The van der Waals surface area contributed by atoms with E-state index in [4.69, 9.17) is 0 Å². The largest absolute Gasteiger partial charge is 0.295 e. The van der Waals surface area contributed by atoms with Crippen LogP contribution in [-0.2, 0) is 11.7 Å². The van der Waals surface area contributed by atoms with Gasteiger partial charge in [0.05, 0.1) is 25.1 Å². The molecule has 0 bridgehead atoms. The van der Waals surface area contributed by atoms with E-state index in [-0.39, 0.29) is 5.16 Å². The third kappa shape index (κ3) is 1.91. The first-order valence-corrected chi connectivity index (χ1v) is 11.0. The first kappa shape index (κ1) is 14.5. The highest BCUT2D eigenvalue weighted by Crippen LogP contribution is 2.43. The smallest absolute Gasteiger partial charge is 0.0941 e. The molecule has 0 amide bonds. The molecular weight excluding hydrogens is 276 g/mol. The van der Waals surface area contributed by atoms with Gasteiger partial charge in [-0.25, -0.2) is 4.68 Å². The number of rotatable bonds is 2. The Morgan fingerprint density at radius 1 is 1.19 bits per heavy atom. The van der Waals surface area contributed by atoms with Gasteiger partial charge in [0.2, 0.25) is 0 Å². The normalized spacial score (nSPS) is 26.6. The average molecular weight is 300 g/mol. The van der Waals surface area contributed by atoms with Crippen LogP contribution in [0.4, 0.5) is 0 Å². The van der Waals surface area contributed by atoms with E-state index in [1.807, 2.05) is 6.20 Å². The second-order valence-corrected chi connectivity index (χ2v) is 12.4. The van der Waals surface area contributed by atoms with E-state index < -0.39 is 8.07 Å². The number of benzene rings is 1. The summed E-state index contributed by atoms with van der Waals surface area (Å²) in [4.78, 5) is 2.43. The molecule has 0 N–H and O–H groups in total. The van der Waals surface area contributed by atoms with Crippen LogP contribution in [0.15, 0.2) is 36.5 Å². The molecule has 0 saturated carbocycles. The molecule has 0 aliphatic carbocycles. The first-order chi connectivity index (χ1) is 9.89. The highest BCUT2D eigenvalue weighted by Gasteiger charge is 2.55. The quantitative estimate of drug-likeness (QED) is 0.800. The number of aromatic nitrogens is 3. The van der Waals surface area contributed by atoms with Crippen LogP contribution in [0.3, 0.4) is 0 Å². The Morgan fingerprint density at radius 2 is 1.86 bits per heavy atom. The second-order valence-electron chi connectivity index (χ2n) is 7.11. The number of hydrogen-bond donors (Lipinski definition) is 0. The van der Waals surface area contributed by atoms with Crippen molar-refractivity contribution >= 4 is 8.07 Å². The minimum absolute atomic E-state index is 0.0902. The lowest BCUT2D eigenvalue weighted by Gasteiger charge is -2.54. The standard InChI is InChI=1S/C16H24N4Si/c1-13-16(21(3,4)5,14-9-7-6-8-10-14)20-15(11-17-18-20)12-19(13)2/h6-11,13H,12H2,1-5H3/t13-,16-/m0/s1. The summed E-state index contributed by atoms with van der Waals surface area (Å²) in [7, 11) is 0.559. The fraction of sp³-hybridized carbons (Fsp3) is 0.500. The molecule has 0 fully saturated rings. The highest BCUT2D eigenvalue weighted by atomic mass is 28.3. The number of fused-ring (bicyclic) bond motifs is 1. The molecule has 1 aromatic heterocycles. The predicted molar refractivity (Wildman–Crippen MR) is 87.8 cm³/mol. The van der Waals surface area contributed by atoms with Crippen LogP contribution in [0.5, 0.6) is 0 Å². The van der Waals surface area contributed by atoms with E-state index in [2.05, 4.69) is 83.8 Å². The Kier molecular flexibility index (Phi) is 3.29. The van der Waals surface area contributed by atoms with Crippen LogP contribution < -0.4 is 0 Å². The van der Waals surface area contributed by atoms with Crippen molar-refractivity contribution in [1.29, 1.82) is 0 Å². The van der Waals surface area contributed by atoms with Gasteiger partial charge in [-0.3, -0.25) is 4.90 Å². The van der Waals surface area contributed by atoms with Crippen LogP contribution in [0.25, 0.3) is 0 Å². The number of nitrogens with zero attached hydrogens (tertiary/aromatic N) is 4. The maximum absolute atomic E-state index is 4.51. The molecule has 2 heterocycles. The third-order valence-electron chi connectivity index (χ3n) is 4.99. The lowest BCUT2D eigenvalue weighted by atomic mass is 9.95. The van der Waals surface area contributed by atoms with Gasteiger partial charge in [0, 0.05) is 12.6 Å².